The van der Waals surface area contributed by atoms with Crippen LogP contribution in [0.15, 0.2) is 243 Å². The Morgan fingerprint density at radius 3 is 1.27 bits per heavy atom. The Morgan fingerprint density at radius 1 is 0.303 bits per heavy atom. The Morgan fingerprint density at radius 2 is 0.712 bits per heavy atom. The van der Waals surface area contributed by atoms with Crippen LogP contribution < -0.4 is 20.7 Å². The summed E-state index contributed by atoms with van der Waals surface area (Å²) in [5.41, 5.74) is 10.8. The van der Waals surface area contributed by atoms with Gasteiger partial charge in [-0.2, -0.15) is 0 Å². The van der Waals surface area contributed by atoms with Crippen LogP contribution >= 0.6 is 0 Å². The van der Waals surface area contributed by atoms with Crippen molar-refractivity contribution < 1.29 is 0 Å². The van der Waals surface area contributed by atoms with Crippen LogP contribution in [0.3, 0.4) is 0 Å². The molecule has 0 saturated heterocycles. The van der Waals surface area contributed by atoms with Crippen LogP contribution in [0.1, 0.15) is 0 Å². The lowest BCUT2D eigenvalue weighted by molar-refractivity contribution is 1.17. The standard InChI is InChI=1S/C61H40N4Si/c1-62-42-38-39-55-51(40-42)48-28-11-14-31-52(48)64(55)57-35-19-37-59-61(57)50-30-13-16-33-54(50)65(59)58-36-18-34-56-60(58)49-29-12-15-32-53(49)63(56)43-20-17-27-47(41-43)66(44-21-5-2-6-22-44,45-23-7-3-8-24-45)46-25-9-4-10-26-46/h2-41H. The fraction of sp³-hybridized carbons (Fsp3) is 0. The molecule has 13 rings (SSSR count). The van der Waals surface area contributed by atoms with Gasteiger partial charge in [0.05, 0.1) is 51.0 Å². The summed E-state index contributed by atoms with van der Waals surface area (Å²) in [5, 5.41) is 12.4. The zero-order valence-electron chi connectivity index (χ0n) is 35.9. The molecule has 0 unspecified atom stereocenters. The fourth-order valence-corrected chi connectivity index (χ4v) is 15.9. The molecule has 0 aliphatic rings. The van der Waals surface area contributed by atoms with Crippen molar-refractivity contribution in [1.29, 1.82) is 0 Å². The van der Waals surface area contributed by atoms with Crippen LogP contribution in [0.4, 0.5) is 5.69 Å². The van der Waals surface area contributed by atoms with Crippen molar-refractivity contribution in [3.05, 3.63) is 254 Å². The molecule has 10 aromatic carbocycles. The molecule has 0 spiro atoms. The highest BCUT2D eigenvalue weighted by Gasteiger charge is 2.41. The third-order valence-corrected chi connectivity index (χ3v) is 18.6. The van der Waals surface area contributed by atoms with E-state index in [9.17, 15) is 0 Å². The van der Waals surface area contributed by atoms with Gasteiger partial charge in [-0.3, -0.25) is 0 Å². The highest BCUT2D eigenvalue weighted by molar-refractivity contribution is 7.19. The summed E-state index contributed by atoms with van der Waals surface area (Å²) in [6.07, 6.45) is 0. The average molecular weight is 857 g/mol. The molecular formula is C61H40N4Si. The molecule has 0 atom stereocenters. The minimum atomic E-state index is -2.79. The van der Waals surface area contributed by atoms with Crippen LogP contribution in [-0.2, 0) is 0 Å². The summed E-state index contributed by atoms with van der Waals surface area (Å²) >= 11 is 0. The van der Waals surface area contributed by atoms with Gasteiger partial charge in [0.15, 0.2) is 13.8 Å². The molecule has 3 aromatic heterocycles. The number of nitrogens with zero attached hydrogens (tertiary/aromatic N) is 4. The van der Waals surface area contributed by atoms with Gasteiger partial charge in [0.1, 0.15) is 0 Å². The predicted octanol–water partition coefficient (Wildman–Crippen LogP) is 12.9. The van der Waals surface area contributed by atoms with Gasteiger partial charge in [0.25, 0.3) is 0 Å². The molecule has 0 aliphatic heterocycles. The second-order valence-corrected chi connectivity index (χ2v) is 20.9. The molecule has 0 fully saturated rings. The minimum absolute atomic E-state index is 0.643. The number of aromatic nitrogens is 3. The number of benzene rings is 10. The molecule has 0 radical (unpaired) electrons. The molecule has 0 N–H and O–H groups in total. The second kappa shape index (κ2) is 15.0. The Bertz CT molecular complexity index is 3960. The molecular weight excluding hydrogens is 817 g/mol. The summed E-state index contributed by atoms with van der Waals surface area (Å²) < 4.78 is 7.35. The Labute approximate surface area is 382 Å². The lowest BCUT2D eigenvalue weighted by atomic mass is 10.1. The maximum Gasteiger partial charge on any atom is 0.188 e. The highest BCUT2D eigenvalue weighted by atomic mass is 28.3. The first-order valence-corrected chi connectivity index (χ1v) is 24.5. The number of para-hydroxylation sites is 3. The van der Waals surface area contributed by atoms with Crippen molar-refractivity contribution in [3.63, 3.8) is 0 Å². The van der Waals surface area contributed by atoms with Gasteiger partial charge >= 0.3 is 0 Å². The van der Waals surface area contributed by atoms with Crippen LogP contribution in [0.2, 0.25) is 0 Å². The first kappa shape index (κ1) is 37.8. The lowest BCUT2D eigenvalue weighted by Crippen LogP contribution is -2.74. The van der Waals surface area contributed by atoms with E-state index in [2.05, 4.69) is 249 Å². The van der Waals surface area contributed by atoms with Gasteiger partial charge in [-0.25, -0.2) is 4.85 Å². The van der Waals surface area contributed by atoms with Crippen molar-refractivity contribution in [2.24, 2.45) is 0 Å². The van der Waals surface area contributed by atoms with E-state index < -0.39 is 8.07 Å². The predicted molar refractivity (Wildman–Crippen MR) is 279 cm³/mol. The van der Waals surface area contributed by atoms with E-state index in [0.717, 1.165) is 60.9 Å². The van der Waals surface area contributed by atoms with Crippen molar-refractivity contribution in [1.82, 2.24) is 13.7 Å². The van der Waals surface area contributed by atoms with Crippen LogP contribution in [-0.4, -0.2) is 21.8 Å². The molecule has 0 aliphatic carbocycles. The van der Waals surface area contributed by atoms with E-state index >= 15 is 0 Å². The van der Waals surface area contributed by atoms with Crippen molar-refractivity contribution >= 4 is 99.9 Å². The van der Waals surface area contributed by atoms with E-state index in [1.807, 2.05) is 12.1 Å². The smallest absolute Gasteiger partial charge is 0.188 e. The van der Waals surface area contributed by atoms with Crippen molar-refractivity contribution in [2.45, 2.75) is 0 Å². The third kappa shape index (κ3) is 5.43. The van der Waals surface area contributed by atoms with Crippen LogP contribution in [0.25, 0.3) is 87.3 Å². The fourth-order valence-electron chi connectivity index (χ4n) is 11.1. The van der Waals surface area contributed by atoms with Gasteiger partial charge in [-0.05, 0) is 92.9 Å². The molecule has 13 aromatic rings. The number of hydrogen-bond acceptors (Lipinski definition) is 0. The minimum Gasteiger partial charge on any atom is -0.309 e. The molecule has 0 amide bonds. The van der Waals surface area contributed by atoms with Gasteiger partial charge in [-0.1, -0.05) is 176 Å². The summed E-state index contributed by atoms with van der Waals surface area (Å²) in [7, 11) is -2.79. The largest absolute Gasteiger partial charge is 0.309 e. The van der Waals surface area contributed by atoms with Gasteiger partial charge in [0, 0.05) is 32.6 Å². The third-order valence-electron chi connectivity index (χ3n) is 13.8. The molecule has 3 heterocycles. The number of rotatable bonds is 7. The monoisotopic (exact) mass is 856 g/mol. The highest BCUT2D eigenvalue weighted by Crippen LogP contribution is 2.43. The zero-order valence-corrected chi connectivity index (χ0v) is 36.9. The van der Waals surface area contributed by atoms with Gasteiger partial charge < -0.3 is 13.7 Å². The normalized spacial score (nSPS) is 11.9. The quantitative estimate of drug-likeness (QED) is 0.0864. The number of hydrogen-bond donors (Lipinski definition) is 0. The molecule has 308 valence electrons. The molecule has 0 bridgehead atoms. The van der Waals surface area contributed by atoms with E-state index in [1.54, 1.807) is 0 Å². The number of fused-ring (bicyclic) bond motifs is 9. The summed E-state index contributed by atoms with van der Waals surface area (Å²) in [4.78, 5) is 3.79. The molecule has 66 heavy (non-hydrogen) atoms. The Kier molecular flexibility index (Phi) is 8.57. The van der Waals surface area contributed by atoms with Crippen molar-refractivity contribution in [2.75, 3.05) is 0 Å². The summed E-state index contributed by atoms with van der Waals surface area (Å²) in [6, 6.07) is 88.7. The Hall–Kier alpha value is -8.69. The lowest BCUT2D eigenvalue weighted by Gasteiger charge is -2.34. The summed E-state index contributed by atoms with van der Waals surface area (Å²) in [6.45, 7) is 7.79. The Balaban J connectivity index is 1.08. The SMILES string of the molecule is [C-]#[N+]c1ccc2c(c1)c1ccccc1n2-c1cccc2c1c1ccccc1n2-c1cccc2c1c1ccccc1n2-c1cccc([Si](c2ccccc2)(c2ccccc2)c2ccccc2)c1. The van der Waals surface area contributed by atoms with Crippen molar-refractivity contribution in [3.8, 4) is 17.1 Å². The maximum absolute atomic E-state index is 7.79. The van der Waals surface area contributed by atoms with Crippen LogP contribution in [0.5, 0.6) is 0 Å². The van der Waals surface area contributed by atoms with Crippen LogP contribution in [0, 0.1) is 6.57 Å². The van der Waals surface area contributed by atoms with E-state index in [0.29, 0.717) is 5.69 Å². The van der Waals surface area contributed by atoms with Gasteiger partial charge in [0.2, 0.25) is 0 Å². The average Bonchev–Trinajstić information content (AvgIpc) is 4.03. The first-order chi connectivity index (χ1) is 32.7. The van der Waals surface area contributed by atoms with E-state index in [-0.39, 0.29) is 0 Å². The van der Waals surface area contributed by atoms with Gasteiger partial charge in [-0.15, -0.1) is 0 Å². The first-order valence-electron chi connectivity index (χ1n) is 22.5. The molecule has 0 saturated carbocycles. The zero-order chi connectivity index (χ0) is 43.8. The topological polar surface area (TPSA) is 19.1 Å². The molecule has 5 heteroatoms. The van der Waals surface area contributed by atoms with E-state index in [4.69, 9.17) is 6.57 Å². The second-order valence-electron chi connectivity index (χ2n) is 17.1. The van der Waals surface area contributed by atoms with E-state index in [1.165, 1.54) is 42.3 Å². The molecule has 4 nitrogen and oxygen atoms in total. The maximum atomic E-state index is 7.79. The summed E-state index contributed by atoms with van der Waals surface area (Å²) in [5.74, 6) is 0.